The number of hydrogen-bond acceptors (Lipinski definition) is 2. The van der Waals surface area contributed by atoms with Gasteiger partial charge in [0, 0.05) is 11.1 Å². The zero-order valence-electron chi connectivity index (χ0n) is 16.3. The number of aromatic nitrogens is 3. The van der Waals surface area contributed by atoms with Crippen LogP contribution in [0.4, 0.5) is 17.6 Å². The Labute approximate surface area is 171 Å². The molecular weight excluding hydrogens is 394 g/mol. The van der Waals surface area contributed by atoms with Crippen molar-refractivity contribution in [3.63, 3.8) is 0 Å². The molecule has 3 aromatic rings. The molecule has 0 amide bonds. The first-order chi connectivity index (χ1) is 14.3. The first kappa shape index (κ1) is 18.3. The van der Waals surface area contributed by atoms with Crippen molar-refractivity contribution < 1.29 is 17.6 Å². The molecule has 3 nitrogen and oxygen atoms in total. The zero-order valence-corrected chi connectivity index (χ0v) is 16.3. The summed E-state index contributed by atoms with van der Waals surface area (Å²) in [6.07, 6.45) is 3.15. The summed E-state index contributed by atoms with van der Waals surface area (Å²) < 4.78 is 56.8. The first-order valence-corrected chi connectivity index (χ1v) is 10.5. The van der Waals surface area contributed by atoms with Crippen LogP contribution in [-0.4, -0.2) is 14.8 Å². The van der Waals surface area contributed by atoms with Crippen LogP contribution in [0.5, 0.6) is 0 Å². The van der Waals surface area contributed by atoms with E-state index in [9.17, 15) is 17.6 Å². The van der Waals surface area contributed by atoms with Gasteiger partial charge in [0.05, 0.1) is 22.8 Å². The van der Waals surface area contributed by atoms with Gasteiger partial charge in [-0.15, -0.1) is 0 Å². The lowest BCUT2D eigenvalue weighted by Gasteiger charge is -2.56. The number of alkyl halides is 3. The largest absolute Gasteiger partial charge is 0.417 e. The van der Waals surface area contributed by atoms with Gasteiger partial charge in [0.2, 0.25) is 0 Å². The molecule has 2 aromatic heterocycles. The Hall–Kier alpha value is -2.44. The van der Waals surface area contributed by atoms with Crippen molar-refractivity contribution in [3.05, 3.63) is 53.6 Å². The summed E-state index contributed by atoms with van der Waals surface area (Å²) in [6.45, 7) is 0. The number of fused-ring (bicyclic) bond motifs is 1. The van der Waals surface area contributed by atoms with Gasteiger partial charge >= 0.3 is 6.18 Å². The molecule has 4 bridgehead atoms. The average Bonchev–Trinajstić information content (AvgIpc) is 3.10. The Bertz CT molecular complexity index is 1090. The van der Waals surface area contributed by atoms with Crippen LogP contribution in [0.25, 0.3) is 16.7 Å². The van der Waals surface area contributed by atoms with Gasteiger partial charge in [0.25, 0.3) is 0 Å². The standard InChI is InChI=1S/C23H21F4N3/c24-16-1-3-17(4-2-16)30-21-18(12-28-30)19(23(25,26)27)8-20(29-21)22-9-13-5-14(10-22)7-15(6-13)11-22/h1-4,8,12-15H,5-7,9-11H2. The molecule has 0 radical (unpaired) electrons. The van der Waals surface area contributed by atoms with E-state index in [2.05, 4.69) is 5.10 Å². The molecule has 0 saturated heterocycles. The minimum absolute atomic E-state index is 0.0136. The van der Waals surface area contributed by atoms with E-state index in [1.54, 1.807) is 0 Å². The van der Waals surface area contributed by atoms with Crippen LogP contribution in [0.3, 0.4) is 0 Å². The minimum Gasteiger partial charge on any atom is -0.232 e. The third-order valence-electron chi connectivity index (χ3n) is 7.50. The van der Waals surface area contributed by atoms with Crippen LogP contribution < -0.4 is 0 Å². The Morgan fingerprint density at radius 3 is 2.10 bits per heavy atom. The van der Waals surface area contributed by atoms with Gasteiger partial charge in [-0.3, -0.25) is 0 Å². The molecule has 1 aromatic carbocycles. The summed E-state index contributed by atoms with van der Waals surface area (Å²) in [6, 6.07) is 6.85. The summed E-state index contributed by atoms with van der Waals surface area (Å²) >= 11 is 0. The van der Waals surface area contributed by atoms with E-state index < -0.39 is 17.6 Å². The Morgan fingerprint density at radius 2 is 1.53 bits per heavy atom. The van der Waals surface area contributed by atoms with E-state index in [0.717, 1.165) is 19.3 Å². The summed E-state index contributed by atoms with van der Waals surface area (Å²) in [5, 5.41) is 4.17. The van der Waals surface area contributed by atoms with Crippen LogP contribution in [0.1, 0.15) is 49.8 Å². The molecular formula is C23H21F4N3. The number of halogens is 4. The van der Waals surface area contributed by atoms with Crippen molar-refractivity contribution in [2.24, 2.45) is 17.8 Å². The van der Waals surface area contributed by atoms with Crippen molar-refractivity contribution >= 4 is 11.0 Å². The number of nitrogens with zero attached hydrogens (tertiary/aromatic N) is 3. The van der Waals surface area contributed by atoms with Crippen molar-refractivity contribution in [2.75, 3.05) is 0 Å². The predicted molar refractivity (Wildman–Crippen MR) is 104 cm³/mol. The molecule has 30 heavy (non-hydrogen) atoms. The van der Waals surface area contributed by atoms with Crippen LogP contribution in [0.2, 0.25) is 0 Å². The fourth-order valence-electron chi connectivity index (χ4n) is 6.70. The van der Waals surface area contributed by atoms with Crippen molar-refractivity contribution in [1.29, 1.82) is 0 Å². The lowest BCUT2D eigenvalue weighted by atomic mass is 9.48. The van der Waals surface area contributed by atoms with E-state index >= 15 is 0 Å². The Kier molecular flexibility index (Phi) is 3.70. The fraction of sp³-hybridized carbons (Fsp3) is 0.478. The van der Waals surface area contributed by atoms with E-state index in [1.165, 1.54) is 60.5 Å². The van der Waals surface area contributed by atoms with Gasteiger partial charge < -0.3 is 0 Å². The molecule has 0 aliphatic heterocycles. The fourth-order valence-corrected chi connectivity index (χ4v) is 6.70. The second kappa shape index (κ2) is 6.05. The third kappa shape index (κ3) is 2.70. The van der Waals surface area contributed by atoms with Crippen molar-refractivity contribution in [1.82, 2.24) is 14.8 Å². The predicted octanol–water partition coefficient (Wildman–Crippen LogP) is 6.05. The van der Waals surface area contributed by atoms with Gasteiger partial charge in [-0.05, 0) is 86.6 Å². The Balaban J connectivity index is 1.56. The highest BCUT2D eigenvalue weighted by atomic mass is 19.4. The average molecular weight is 415 g/mol. The van der Waals surface area contributed by atoms with Crippen LogP contribution in [-0.2, 0) is 11.6 Å². The van der Waals surface area contributed by atoms with Crippen LogP contribution in [0, 0.1) is 23.6 Å². The summed E-state index contributed by atoms with van der Waals surface area (Å²) in [7, 11) is 0. The normalized spacial score (nSPS) is 30.3. The summed E-state index contributed by atoms with van der Waals surface area (Å²) in [5.74, 6) is 1.40. The lowest BCUT2D eigenvalue weighted by molar-refractivity contribution is -0.136. The second-order valence-corrected chi connectivity index (χ2v) is 9.52. The third-order valence-corrected chi connectivity index (χ3v) is 7.50. The molecule has 2 heterocycles. The molecule has 0 atom stereocenters. The quantitative estimate of drug-likeness (QED) is 0.477. The zero-order chi connectivity index (χ0) is 20.7. The molecule has 156 valence electrons. The van der Waals surface area contributed by atoms with Crippen molar-refractivity contribution in [3.8, 4) is 5.69 Å². The molecule has 4 saturated carbocycles. The number of benzene rings is 1. The van der Waals surface area contributed by atoms with Gasteiger partial charge in [0.1, 0.15) is 5.82 Å². The van der Waals surface area contributed by atoms with Gasteiger partial charge in [-0.1, -0.05) is 0 Å². The van der Waals surface area contributed by atoms with E-state index in [0.29, 0.717) is 29.1 Å². The topological polar surface area (TPSA) is 30.7 Å². The maximum Gasteiger partial charge on any atom is 0.417 e. The number of pyridine rings is 1. The van der Waals surface area contributed by atoms with E-state index in [-0.39, 0.29) is 16.4 Å². The van der Waals surface area contributed by atoms with Crippen LogP contribution in [0.15, 0.2) is 36.5 Å². The number of rotatable bonds is 2. The monoisotopic (exact) mass is 415 g/mol. The molecule has 4 fully saturated rings. The van der Waals surface area contributed by atoms with Gasteiger partial charge in [-0.25, -0.2) is 14.1 Å². The highest BCUT2D eigenvalue weighted by Gasteiger charge is 2.53. The highest BCUT2D eigenvalue weighted by molar-refractivity contribution is 5.81. The van der Waals surface area contributed by atoms with E-state index in [1.807, 2.05) is 0 Å². The maximum absolute atomic E-state index is 14.0. The van der Waals surface area contributed by atoms with E-state index in [4.69, 9.17) is 4.98 Å². The van der Waals surface area contributed by atoms with Gasteiger partial charge in [-0.2, -0.15) is 18.3 Å². The molecule has 0 spiro atoms. The first-order valence-electron chi connectivity index (χ1n) is 10.5. The highest BCUT2D eigenvalue weighted by Crippen LogP contribution is 2.60. The molecule has 4 aliphatic carbocycles. The molecule has 0 unspecified atom stereocenters. The molecule has 7 heteroatoms. The molecule has 4 aliphatic rings. The summed E-state index contributed by atoms with van der Waals surface area (Å²) in [5.41, 5.74) is 0.314. The molecule has 0 N–H and O–H groups in total. The lowest BCUT2D eigenvalue weighted by Crippen LogP contribution is -2.49. The summed E-state index contributed by atoms with van der Waals surface area (Å²) in [4.78, 5) is 4.80. The SMILES string of the molecule is Fc1ccc(-n2ncc3c(C(F)(F)F)cc(C45CC6CC(CC(C6)C4)C5)nc32)cc1. The smallest absolute Gasteiger partial charge is 0.232 e. The van der Waals surface area contributed by atoms with Crippen LogP contribution >= 0.6 is 0 Å². The van der Waals surface area contributed by atoms with Crippen molar-refractivity contribution in [2.45, 2.75) is 50.1 Å². The minimum atomic E-state index is -4.49. The second-order valence-electron chi connectivity index (χ2n) is 9.52. The maximum atomic E-state index is 14.0. The Morgan fingerprint density at radius 1 is 0.933 bits per heavy atom. The number of hydrogen-bond donors (Lipinski definition) is 0. The molecule has 7 rings (SSSR count). The van der Waals surface area contributed by atoms with Gasteiger partial charge in [0.15, 0.2) is 5.65 Å².